The van der Waals surface area contributed by atoms with Crippen LogP contribution in [0.5, 0.6) is 0 Å². The minimum atomic E-state index is -4.58. The third-order valence-electron chi connectivity index (χ3n) is 4.60. The fraction of sp³-hybridized carbons (Fsp3) is 0.263. The highest BCUT2D eigenvalue weighted by molar-refractivity contribution is 6.07. The molecule has 0 radical (unpaired) electrons. The van der Waals surface area contributed by atoms with Gasteiger partial charge in [0.1, 0.15) is 6.54 Å². The van der Waals surface area contributed by atoms with Gasteiger partial charge in [-0.15, -0.1) is 0 Å². The lowest BCUT2D eigenvalue weighted by atomic mass is 9.83. The Morgan fingerprint density at radius 2 is 1.69 bits per heavy atom. The Morgan fingerprint density at radius 1 is 1.12 bits per heavy atom. The molecular formula is C19H17F3N2O2. The molecule has 2 aromatic rings. The van der Waals surface area contributed by atoms with E-state index < -0.39 is 36.4 Å². The molecule has 2 amide bonds. The van der Waals surface area contributed by atoms with Crippen LogP contribution >= 0.6 is 0 Å². The zero-order chi connectivity index (χ0) is 19.1. The Labute approximate surface area is 148 Å². The van der Waals surface area contributed by atoms with Crippen LogP contribution in [0, 0.1) is 5.92 Å². The molecule has 7 heteroatoms. The van der Waals surface area contributed by atoms with Gasteiger partial charge in [0.2, 0.25) is 11.8 Å². The molecule has 1 aliphatic rings. The Kier molecular flexibility index (Phi) is 4.48. The summed E-state index contributed by atoms with van der Waals surface area (Å²) in [5, 5.41) is 0. The zero-order valence-electron chi connectivity index (χ0n) is 14.0. The summed E-state index contributed by atoms with van der Waals surface area (Å²) < 4.78 is 39.5. The number of primary amides is 1. The number of carbonyl (C=O) groups excluding carboxylic acids is 2. The van der Waals surface area contributed by atoms with Gasteiger partial charge in [0, 0.05) is 5.56 Å². The zero-order valence-corrected chi connectivity index (χ0v) is 14.0. The molecule has 1 aliphatic heterocycles. The van der Waals surface area contributed by atoms with E-state index in [1.165, 1.54) is 13.0 Å². The van der Waals surface area contributed by atoms with Gasteiger partial charge in [-0.1, -0.05) is 49.4 Å². The lowest BCUT2D eigenvalue weighted by Crippen LogP contribution is -2.44. The molecule has 0 spiro atoms. The van der Waals surface area contributed by atoms with Crippen molar-refractivity contribution in [3.63, 3.8) is 0 Å². The van der Waals surface area contributed by atoms with E-state index in [9.17, 15) is 22.8 Å². The first-order valence-corrected chi connectivity index (χ1v) is 8.06. The number of benzene rings is 2. The first-order valence-electron chi connectivity index (χ1n) is 8.06. The fourth-order valence-electron chi connectivity index (χ4n) is 3.36. The summed E-state index contributed by atoms with van der Waals surface area (Å²) in [6.07, 6.45) is -4.58. The van der Waals surface area contributed by atoms with Crippen molar-refractivity contribution in [3.05, 3.63) is 54.1 Å². The molecule has 2 N–H and O–H groups in total. The largest absolute Gasteiger partial charge is 0.406 e. The van der Waals surface area contributed by atoms with Crippen molar-refractivity contribution in [3.8, 4) is 11.1 Å². The minimum Gasteiger partial charge on any atom is -0.369 e. The van der Waals surface area contributed by atoms with Crippen molar-refractivity contribution >= 4 is 17.5 Å². The van der Waals surface area contributed by atoms with Gasteiger partial charge < -0.3 is 10.6 Å². The van der Waals surface area contributed by atoms with E-state index in [0.717, 1.165) is 0 Å². The average Bonchev–Trinajstić information content (AvgIpc) is 2.68. The van der Waals surface area contributed by atoms with Gasteiger partial charge in [-0.2, -0.15) is 13.2 Å². The molecule has 136 valence electrons. The molecule has 0 fully saturated rings. The van der Waals surface area contributed by atoms with E-state index in [1.54, 1.807) is 42.5 Å². The molecule has 0 aromatic heterocycles. The van der Waals surface area contributed by atoms with Gasteiger partial charge in [-0.3, -0.25) is 9.59 Å². The first-order chi connectivity index (χ1) is 12.2. The van der Waals surface area contributed by atoms with Crippen molar-refractivity contribution in [2.45, 2.75) is 19.0 Å². The Balaban J connectivity index is 2.28. The first kappa shape index (κ1) is 18.0. The van der Waals surface area contributed by atoms with E-state index in [1.807, 2.05) is 0 Å². The third-order valence-corrected chi connectivity index (χ3v) is 4.60. The van der Waals surface area contributed by atoms with Crippen molar-refractivity contribution < 1.29 is 22.8 Å². The third kappa shape index (κ3) is 3.16. The second-order valence-electron chi connectivity index (χ2n) is 6.31. The highest BCUT2D eigenvalue weighted by Gasteiger charge is 2.42. The smallest absolute Gasteiger partial charge is 0.369 e. The number of nitrogens with zero attached hydrogens (tertiary/aromatic N) is 1. The van der Waals surface area contributed by atoms with Crippen LogP contribution in [0.25, 0.3) is 11.1 Å². The highest BCUT2D eigenvalue weighted by Crippen LogP contribution is 2.44. The predicted molar refractivity (Wildman–Crippen MR) is 91.4 cm³/mol. The molecule has 1 unspecified atom stereocenters. The molecule has 0 bridgehead atoms. The monoisotopic (exact) mass is 362 g/mol. The number of halogens is 3. The summed E-state index contributed by atoms with van der Waals surface area (Å²) in [6, 6.07) is 13.2. The molecule has 3 rings (SSSR count). The van der Waals surface area contributed by atoms with Crippen LogP contribution in [-0.2, 0) is 9.59 Å². The second kappa shape index (κ2) is 6.48. The lowest BCUT2D eigenvalue weighted by molar-refractivity contribution is -0.135. The number of anilines is 1. The highest BCUT2D eigenvalue weighted by atomic mass is 19.4. The topological polar surface area (TPSA) is 63.4 Å². The predicted octanol–water partition coefficient (Wildman–Crippen LogP) is 3.47. The number of rotatable bonds is 3. The average molecular weight is 362 g/mol. The number of fused-ring (bicyclic) bond motifs is 3. The Bertz CT molecular complexity index is 864. The fourth-order valence-corrected chi connectivity index (χ4v) is 3.36. The van der Waals surface area contributed by atoms with Gasteiger partial charge >= 0.3 is 6.18 Å². The van der Waals surface area contributed by atoms with Gasteiger partial charge in [-0.05, 0) is 17.2 Å². The molecule has 2 atom stereocenters. The van der Waals surface area contributed by atoms with Gasteiger partial charge in [0.15, 0.2) is 0 Å². The maximum Gasteiger partial charge on any atom is 0.406 e. The number of para-hydroxylation sites is 1. The van der Waals surface area contributed by atoms with Gasteiger partial charge in [0.25, 0.3) is 0 Å². The maximum absolute atomic E-state index is 13.2. The van der Waals surface area contributed by atoms with Crippen LogP contribution in [0.1, 0.15) is 18.4 Å². The summed E-state index contributed by atoms with van der Waals surface area (Å²) in [4.78, 5) is 25.6. The van der Waals surface area contributed by atoms with Gasteiger partial charge in [-0.25, -0.2) is 0 Å². The van der Waals surface area contributed by atoms with Gasteiger partial charge in [0.05, 0.1) is 17.5 Å². The number of nitrogens with two attached hydrogens (primary N) is 1. The molecule has 2 aromatic carbocycles. The summed E-state index contributed by atoms with van der Waals surface area (Å²) >= 11 is 0. The molecule has 0 saturated carbocycles. The standard InChI is InChI=1S/C19H17F3N2O2/c1-11(17(23)25)16-14-8-3-2-6-12(14)13-7-4-5-9-15(13)24(18(16)26)10-19(20,21)22/h2-9,11,16H,10H2,1H3,(H2,23,25)/t11?,16-/m0/s1. The number of amides is 2. The number of alkyl halides is 3. The Morgan fingerprint density at radius 3 is 2.31 bits per heavy atom. The van der Waals surface area contributed by atoms with Crippen LogP contribution in [0.3, 0.4) is 0 Å². The normalized spacial score (nSPS) is 17.9. The Hall–Kier alpha value is -2.83. The van der Waals surface area contributed by atoms with Crippen LogP contribution in [0.15, 0.2) is 48.5 Å². The van der Waals surface area contributed by atoms with E-state index >= 15 is 0 Å². The van der Waals surface area contributed by atoms with Crippen molar-refractivity contribution in [2.24, 2.45) is 11.7 Å². The van der Waals surface area contributed by atoms with Crippen LogP contribution in [0.4, 0.5) is 18.9 Å². The van der Waals surface area contributed by atoms with Crippen LogP contribution in [0.2, 0.25) is 0 Å². The summed E-state index contributed by atoms with van der Waals surface area (Å²) in [7, 11) is 0. The molecular weight excluding hydrogens is 345 g/mol. The second-order valence-corrected chi connectivity index (χ2v) is 6.31. The number of hydrogen-bond donors (Lipinski definition) is 1. The maximum atomic E-state index is 13.2. The SMILES string of the molecule is CC(C(N)=O)[C@@H]1C(=O)N(CC(F)(F)F)c2ccccc2-c2ccccc21. The van der Waals surface area contributed by atoms with E-state index in [-0.39, 0.29) is 5.69 Å². The van der Waals surface area contributed by atoms with Crippen LogP contribution in [-0.4, -0.2) is 24.5 Å². The van der Waals surface area contributed by atoms with E-state index in [0.29, 0.717) is 21.6 Å². The molecule has 0 aliphatic carbocycles. The van der Waals surface area contributed by atoms with Crippen LogP contribution < -0.4 is 10.6 Å². The summed E-state index contributed by atoms with van der Waals surface area (Å²) in [6.45, 7) is 0.0300. The van der Waals surface area contributed by atoms with Crippen molar-refractivity contribution in [1.82, 2.24) is 0 Å². The van der Waals surface area contributed by atoms with E-state index in [2.05, 4.69) is 0 Å². The summed E-state index contributed by atoms with van der Waals surface area (Å²) in [5.74, 6) is -3.56. The van der Waals surface area contributed by atoms with Crippen molar-refractivity contribution in [2.75, 3.05) is 11.4 Å². The lowest BCUT2D eigenvalue weighted by Gasteiger charge is -2.28. The van der Waals surface area contributed by atoms with Crippen molar-refractivity contribution in [1.29, 1.82) is 0 Å². The number of carbonyl (C=O) groups is 2. The molecule has 26 heavy (non-hydrogen) atoms. The molecule has 0 saturated heterocycles. The molecule has 1 heterocycles. The summed E-state index contributed by atoms with van der Waals surface area (Å²) in [5.41, 5.74) is 7.19. The quantitative estimate of drug-likeness (QED) is 0.909. The van der Waals surface area contributed by atoms with E-state index in [4.69, 9.17) is 5.73 Å². The minimum absolute atomic E-state index is 0.168. The molecule has 4 nitrogen and oxygen atoms in total. The number of hydrogen-bond acceptors (Lipinski definition) is 2.